The summed E-state index contributed by atoms with van der Waals surface area (Å²) in [6, 6.07) is 5.14. The third kappa shape index (κ3) is 7.46. The van der Waals surface area contributed by atoms with Crippen molar-refractivity contribution < 1.29 is 25.1 Å². The van der Waals surface area contributed by atoms with E-state index < -0.39 is 12.0 Å². The number of carboxylic acids is 1. The molecule has 0 bridgehead atoms. The zero-order valence-corrected chi connectivity index (χ0v) is 14.5. The zero-order chi connectivity index (χ0) is 17.9. The third-order valence-electron chi connectivity index (χ3n) is 4.16. The number of carbonyl (C=O) groups excluding carboxylic acids is 2. The molecule has 0 aromatic heterocycles. The van der Waals surface area contributed by atoms with E-state index >= 15 is 0 Å². The van der Waals surface area contributed by atoms with Crippen LogP contribution >= 0.6 is 0 Å². The molecule has 6 nitrogen and oxygen atoms in total. The number of aliphatic carboxylic acids is 1. The first-order valence-corrected chi connectivity index (χ1v) is 8.59. The molecule has 0 heterocycles. The summed E-state index contributed by atoms with van der Waals surface area (Å²) in [5, 5.41) is 24.8. The highest BCUT2D eigenvalue weighted by Crippen LogP contribution is 2.14. The normalized spacial score (nSPS) is 13.2. The van der Waals surface area contributed by atoms with Crippen molar-refractivity contribution in [2.45, 2.75) is 52.0 Å². The lowest BCUT2D eigenvalue weighted by molar-refractivity contribution is -0.687. The summed E-state index contributed by atoms with van der Waals surface area (Å²) in [7, 11) is 0. The number of carboxylic acid groups (broad SMARTS) is 1. The number of amides is 1. The number of quaternary nitrogens is 1. The second-order valence-corrected chi connectivity index (χ2v) is 6.11. The fraction of sp³-hybridized carbons (Fsp3) is 0.556. The second kappa shape index (κ2) is 10.6. The molecule has 0 fully saturated rings. The maximum atomic E-state index is 12.0. The van der Waals surface area contributed by atoms with E-state index in [1.54, 1.807) is 17.4 Å². The van der Waals surface area contributed by atoms with E-state index in [9.17, 15) is 19.8 Å². The minimum absolute atomic E-state index is 0.103. The quantitative estimate of drug-likeness (QED) is 0.515. The summed E-state index contributed by atoms with van der Waals surface area (Å²) in [5.74, 6) is -1.05. The molecule has 134 valence electrons. The van der Waals surface area contributed by atoms with Gasteiger partial charge in [0.25, 0.3) is 0 Å². The molecule has 1 amide bonds. The van der Waals surface area contributed by atoms with Crippen molar-refractivity contribution in [2.75, 3.05) is 11.9 Å². The molecule has 1 aromatic rings. The van der Waals surface area contributed by atoms with E-state index in [1.165, 1.54) is 12.1 Å². The number of phenols is 1. The first-order valence-electron chi connectivity index (χ1n) is 8.59. The van der Waals surface area contributed by atoms with Crippen LogP contribution in [0.15, 0.2) is 24.3 Å². The van der Waals surface area contributed by atoms with E-state index in [0.29, 0.717) is 18.2 Å². The van der Waals surface area contributed by atoms with Gasteiger partial charge in [0.15, 0.2) is 0 Å². The van der Waals surface area contributed by atoms with Gasteiger partial charge in [-0.1, -0.05) is 26.7 Å². The predicted molar refractivity (Wildman–Crippen MR) is 90.2 cm³/mol. The zero-order valence-electron chi connectivity index (χ0n) is 14.5. The van der Waals surface area contributed by atoms with Crippen molar-refractivity contribution in [3.05, 3.63) is 24.3 Å². The first kappa shape index (κ1) is 20.0. The van der Waals surface area contributed by atoms with Crippen molar-refractivity contribution in [2.24, 2.45) is 5.92 Å². The molecule has 0 aliphatic carbocycles. The Morgan fingerprint density at radius 3 is 2.46 bits per heavy atom. The average Bonchev–Trinajstić information content (AvgIpc) is 2.55. The van der Waals surface area contributed by atoms with Crippen LogP contribution < -0.4 is 15.7 Å². The predicted octanol–water partition coefficient (Wildman–Crippen LogP) is 0.619. The molecule has 0 unspecified atom stereocenters. The number of nitrogens with two attached hydrogens (primary N) is 1. The Labute approximate surface area is 143 Å². The van der Waals surface area contributed by atoms with Gasteiger partial charge in [-0.25, -0.2) is 0 Å². The van der Waals surface area contributed by atoms with E-state index in [4.69, 9.17) is 0 Å². The van der Waals surface area contributed by atoms with Crippen molar-refractivity contribution in [3.63, 3.8) is 0 Å². The summed E-state index contributed by atoms with van der Waals surface area (Å²) in [5.41, 5.74) is 0.518. The summed E-state index contributed by atoms with van der Waals surface area (Å²) in [6.07, 6.45) is 4.17. The van der Waals surface area contributed by atoms with Gasteiger partial charge in [-0.05, 0) is 37.1 Å². The number of unbranched alkanes of at least 4 members (excludes halogenated alkanes) is 1. The number of hydrogen-bond donors (Lipinski definition) is 3. The molecule has 0 radical (unpaired) electrons. The Kier molecular flexibility index (Phi) is 8.86. The van der Waals surface area contributed by atoms with Gasteiger partial charge in [-0.3, -0.25) is 4.79 Å². The van der Waals surface area contributed by atoms with E-state index in [1.807, 2.05) is 0 Å². The summed E-state index contributed by atoms with van der Waals surface area (Å²) in [4.78, 5) is 23.3. The van der Waals surface area contributed by atoms with Crippen LogP contribution in [0.5, 0.6) is 5.75 Å². The molecule has 1 rings (SSSR count). The molecule has 2 atom stereocenters. The van der Waals surface area contributed by atoms with Crippen LogP contribution in [-0.4, -0.2) is 29.6 Å². The Balaban J connectivity index is 2.50. The lowest BCUT2D eigenvalue weighted by Crippen LogP contribution is -2.94. The Morgan fingerprint density at radius 1 is 1.25 bits per heavy atom. The summed E-state index contributed by atoms with van der Waals surface area (Å²) in [6.45, 7) is 4.91. The number of hydrogen-bond acceptors (Lipinski definition) is 4. The standard InChI is InChI=1S/C18H28N2O4/c1-3-5-6-13(4-2)12-19-16(18(23)24)11-17(22)20-14-7-9-15(21)10-8-14/h7-10,13,16,19,21H,3-6,11-12H2,1-2H3,(H,20,22)(H,23,24)/t13-,16-/m1/s1. The molecule has 0 aliphatic heterocycles. The minimum Gasteiger partial charge on any atom is -0.544 e. The van der Waals surface area contributed by atoms with Gasteiger partial charge in [-0.2, -0.15) is 0 Å². The molecule has 0 aliphatic rings. The van der Waals surface area contributed by atoms with E-state index in [-0.39, 0.29) is 18.1 Å². The van der Waals surface area contributed by atoms with Crippen LogP contribution in [0.2, 0.25) is 0 Å². The van der Waals surface area contributed by atoms with Gasteiger partial charge < -0.3 is 25.6 Å². The van der Waals surface area contributed by atoms with Crippen molar-refractivity contribution >= 4 is 17.6 Å². The fourth-order valence-electron chi connectivity index (χ4n) is 2.56. The Morgan fingerprint density at radius 2 is 1.92 bits per heavy atom. The molecule has 1 aromatic carbocycles. The molecular weight excluding hydrogens is 308 g/mol. The molecule has 24 heavy (non-hydrogen) atoms. The summed E-state index contributed by atoms with van der Waals surface area (Å²) < 4.78 is 0. The molecule has 6 heteroatoms. The highest BCUT2D eigenvalue weighted by molar-refractivity contribution is 5.93. The smallest absolute Gasteiger partial charge is 0.230 e. The Bertz CT molecular complexity index is 516. The van der Waals surface area contributed by atoms with Crippen LogP contribution in [0.1, 0.15) is 46.0 Å². The maximum absolute atomic E-state index is 12.0. The van der Waals surface area contributed by atoms with Crippen LogP contribution in [0.25, 0.3) is 0 Å². The number of rotatable bonds is 11. The maximum Gasteiger partial charge on any atom is 0.230 e. The second-order valence-electron chi connectivity index (χ2n) is 6.11. The Hall–Kier alpha value is -2.08. The lowest BCUT2D eigenvalue weighted by atomic mass is 9.99. The monoisotopic (exact) mass is 336 g/mol. The lowest BCUT2D eigenvalue weighted by Gasteiger charge is -2.20. The number of phenolic OH excluding ortho intramolecular Hbond substituents is 1. The SMILES string of the molecule is CCCC[C@@H](CC)C[NH2+][C@H](CC(=O)Nc1ccc(O)cc1)C(=O)[O-]. The topological polar surface area (TPSA) is 106 Å². The number of carbonyl (C=O) groups is 2. The van der Waals surface area contributed by atoms with E-state index in [0.717, 1.165) is 25.7 Å². The van der Waals surface area contributed by atoms with Crippen molar-refractivity contribution in [1.29, 1.82) is 0 Å². The largest absolute Gasteiger partial charge is 0.544 e. The highest BCUT2D eigenvalue weighted by atomic mass is 16.4. The average molecular weight is 336 g/mol. The third-order valence-corrected chi connectivity index (χ3v) is 4.16. The highest BCUT2D eigenvalue weighted by Gasteiger charge is 2.20. The van der Waals surface area contributed by atoms with E-state index in [2.05, 4.69) is 19.2 Å². The number of benzene rings is 1. The number of nitrogens with one attached hydrogen (secondary N) is 1. The van der Waals surface area contributed by atoms with Gasteiger partial charge in [-0.15, -0.1) is 0 Å². The van der Waals surface area contributed by atoms with Gasteiger partial charge in [0.1, 0.15) is 11.8 Å². The van der Waals surface area contributed by atoms with Gasteiger partial charge >= 0.3 is 0 Å². The number of aromatic hydroxyl groups is 1. The van der Waals surface area contributed by atoms with Gasteiger partial charge in [0.2, 0.25) is 5.91 Å². The first-order chi connectivity index (χ1) is 11.5. The number of anilines is 1. The molecule has 0 saturated heterocycles. The van der Waals surface area contributed by atoms with Crippen LogP contribution in [0.3, 0.4) is 0 Å². The van der Waals surface area contributed by atoms with Crippen molar-refractivity contribution in [3.8, 4) is 5.75 Å². The van der Waals surface area contributed by atoms with Crippen LogP contribution in [0.4, 0.5) is 5.69 Å². The summed E-state index contributed by atoms with van der Waals surface area (Å²) >= 11 is 0. The van der Waals surface area contributed by atoms with Gasteiger partial charge in [0.05, 0.1) is 18.9 Å². The molecule has 4 N–H and O–H groups in total. The van der Waals surface area contributed by atoms with Crippen molar-refractivity contribution in [1.82, 2.24) is 0 Å². The molecule has 0 saturated carbocycles. The molecule has 0 spiro atoms. The van der Waals surface area contributed by atoms with Crippen LogP contribution in [-0.2, 0) is 9.59 Å². The fourth-order valence-corrected chi connectivity index (χ4v) is 2.56. The molecular formula is C18H28N2O4. The van der Waals surface area contributed by atoms with Gasteiger partial charge in [0, 0.05) is 11.6 Å². The minimum atomic E-state index is -1.22. The van der Waals surface area contributed by atoms with Crippen LogP contribution in [0, 0.1) is 5.92 Å².